The first-order valence-electron chi connectivity index (χ1n) is 4.56. The third kappa shape index (κ3) is 3.21. The van der Waals surface area contributed by atoms with Crippen molar-refractivity contribution in [2.45, 2.75) is 45.3 Å². The van der Waals surface area contributed by atoms with E-state index in [9.17, 15) is 0 Å². The fraction of sp³-hybridized carbons (Fsp3) is 1.00. The third-order valence-electron chi connectivity index (χ3n) is 1.99. The molecule has 0 aromatic rings. The van der Waals surface area contributed by atoms with E-state index in [0.717, 1.165) is 32.5 Å². The van der Waals surface area contributed by atoms with E-state index in [1.165, 1.54) is 0 Å². The molecule has 2 nitrogen and oxygen atoms in total. The maximum absolute atomic E-state index is 5.62. The molecule has 0 spiro atoms. The minimum atomic E-state index is 0.394. The van der Waals surface area contributed by atoms with E-state index in [2.05, 4.69) is 13.8 Å². The highest BCUT2D eigenvalue weighted by atomic mass is 16.5. The second-order valence-corrected chi connectivity index (χ2v) is 3.20. The van der Waals surface area contributed by atoms with Crippen LogP contribution in [0.15, 0.2) is 0 Å². The standard InChI is InChI=1S/C9H18O2/c1-3-5-11-9-4-6-10-8(2)7-9/h8-9H,3-7H2,1-2H3. The largest absolute Gasteiger partial charge is 0.378 e. The fourth-order valence-corrected chi connectivity index (χ4v) is 1.39. The number of rotatable bonds is 3. The molecule has 1 aliphatic heterocycles. The van der Waals surface area contributed by atoms with E-state index in [4.69, 9.17) is 9.47 Å². The smallest absolute Gasteiger partial charge is 0.0621 e. The Bertz CT molecular complexity index is 104. The second kappa shape index (κ2) is 4.73. The van der Waals surface area contributed by atoms with Crippen molar-refractivity contribution in [1.82, 2.24) is 0 Å². The van der Waals surface area contributed by atoms with Crippen LogP contribution in [0.3, 0.4) is 0 Å². The fourth-order valence-electron chi connectivity index (χ4n) is 1.39. The van der Waals surface area contributed by atoms with Crippen LogP contribution in [0.1, 0.15) is 33.1 Å². The quantitative estimate of drug-likeness (QED) is 0.625. The predicted molar refractivity (Wildman–Crippen MR) is 44.7 cm³/mol. The SMILES string of the molecule is CCCOC1CCOC(C)C1. The van der Waals surface area contributed by atoms with Gasteiger partial charge in [0.2, 0.25) is 0 Å². The number of ether oxygens (including phenoxy) is 2. The Morgan fingerprint density at radius 3 is 3.00 bits per heavy atom. The average Bonchev–Trinajstić information content (AvgIpc) is 2.01. The van der Waals surface area contributed by atoms with Gasteiger partial charge in [-0.1, -0.05) is 6.92 Å². The Balaban J connectivity index is 2.12. The monoisotopic (exact) mass is 158 g/mol. The van der Waals surface area contributed by atoms with E-state index in [-0.39, 0.29) is 0 Å². The zero-order valence-electron chi connectivity index (χ0n) is 7.51. The van der Waals surface area contributed by atoms with Crippen LogP contribution in [0.5, 0.6) is 0 Å². The van der Waals surface area contributed by atoms with Crippen LogP contribution in [0.25, 0.3) is 0 Å². The molecule has 0 N–H and O–H groups in total. The van der Waals surface area contributed by atoms with Gasteiger partial charge < -0.3 is 9.47 Å². The van der Waals surface area contributed by atoms with Crippen LogP contribution < -0.4 is 0 Å². The van der Waals surface area contributed by atoms with Gasteiger partial charge in [0.25, 0.3) is 0 Å². The Morgan fingerprint density at radius 1 is 1.55 bits per heavy atom. The molecule has 0 radical (unpaired) electrons. The molecule has 0 aromatic heterocycles. The summed E-state index contributed by atoms with van der Waals surface area (Å²) in [5.74, 6) is 0. The summed E-state index contributed by atoms with van der Waals surface area (Å²) in [4.78, 5) is 0. The summed E-state index contributed by atoms with van der Waals surface area (Å²) in [5, 5.41) is 0. The molecule has 11 heavy (non-hydrogen) atoms. The molecule has 2 unspecified atom stereocenters. The summed E-state index contributed by atoms with van der Waals surface area (Å²) in [6.07, 6.45) is 4.11. The molecule has 2 atom stereocenters. The van der Waals surface area contributed by atoms with Crippen molar-refractivity contribution in [3.63, 3.8) is 0 Å². The van der Waals surface area contributed by atoms with Crippen LogP contribution in [0.2, 0.25) is 0 Å². The normalized spacial score (nSPS) is 32.2. The Labute approximate surface area is 68.9 Å². The summed E-state index contributed by atoms with van der Waals surface area (Å²) in [6.45, 7) is 6.02. The average molecular weight is 158 g/mol. The molecule has 0 amide bonds. The highest BCUT2D eigenvalue weighted by Gasteiger charge is 2.18. The lowest BCUT2D eigenvalue weighted by molar-refractivity contribution is -0.0654. The second-order valence-electron chi connectivity index (χ2n) is 3.20. The number of hydrogen-bond acceptors (Lipinski definition) is 2. The van der Waals surface area contributed by atoms with Crippen molar-refractivity contribution in [2.75, 3.05) is 13.2 Å². The van der Waals surface area contributed by atoms with Crippen LogP contribution >= 0.6 is 0 Å². The zero-order valence-corrected chi connectivity index (χ0v) is 7.51. The van der Waals surface area contributed by atoms with E-state index >= 15 is 0 Å². The summed E-state index contributed by atoms with van der Waals surface area (Å²) in [7, 11) is 0. The van der Waals surface area contributed by atoms with Gasteiger partial charge in [-0.25, -0.2) is 0 Å². The van der Waals surface area contributed by atoms with Gasteiger partial charge in [0.1, 0.15) is 0 Å². The van der Waals surface area contributed by atoms with Crippen LogP contribution in [-0.4, -0.2) is 25.4 Å². The minimum Gasteiger partial charge on any atom is -0.378 e. The van der Waals surface area contributed by atoms with Crippen molar-refractivity contribution >= 4 is 0 Å². The maximum atomic E-state index is 5.62. The van der Waals surface area contributed by atoms with Crippen LogP contribution in [0.4, 0.5) is 0 Å². The van der Waals surface area contributed by atoms with E-state index in [0.29, 0.717) is 12.2 Å². The van der Waals surface area contributed by atoms with Gasteiger partial charge in [-0.3, -0.25) is 0 Å². The van der Waals surface area contributed by atoms with Crippen molar-refractivity contribution < 1.29 is 9.47 Å². The van der Waals surface area contributed by atoms with Crippen molar-refractivity contribution in [3.05, 3.63) is 0 Å². The lowest BCUT2D eigenvalue weighted by Crippen LogP contribution is -2.29. The molecule has 0 bridgehead atoms. The Kier molecular flexibility index (Phi) is 3.87. The first kappa shape index (κ1) is 9.01. The van der Waals surface area contributed by atoms with Gasteiger partial charge in [-0.05, 0) is 26.2 Å². The molecule has 0 aromatic carbocycles. The van der Waals surface area contributed by atoms with Crippen molar-refractivity contribution in [2.24, 2.45) is 0 Å². The van der Waals surface area contributed by atoms with Crippen molar-refractivity contribution in [3.8, 4) is 0 Å². The lowest BCUT2D eigenvalue weighted by atomic mass is 10.1. The topological polar surface area (TPSA) is 18.5 Å². The molecular formula is C9H18O2. The molecule has 66 valence electrons. The van der Waals surface area contributed by atoms with Gasteiger partial charge >= 0.3 is 0 Å². The summed E-state index contributed by atoms with van der Waals surface area (Å²) < 4.78 is 11.0. The highest BCUT2D eigenvalue weighted by molar-refractivity contribution is 4.68. The molecular weight excluding hydrogens is 140 g/mol. The lowest BCUT2D eigenvalue weighted by Gasteiger charge is -2.27. The van der Waals surface area contributed by atoms with Gasteiger partial charge in [0.05, 0.1) is 12.2 Å². The molecule has 1 fully saturated rings. The zero-order chi connectivity index (χ0) is 8.10. The summed E-state index contributed by atoms with van der Waals surface area (Å²) in [6, 6.07) is 0. The Morgan fingerprint density at radius 2 is 2.36 bits per heavy atom. The van der Waals surface area contributed by atoms with Crippen molar-refractivity contribution in [1.29, 1.82) is 0 Å². The minimum absolute atomic E-state index is 0.394. The maximum Gasteiger partial charge on any atom is 0.0621 e. The van der Waals surface area contributed by atoms with Gasteiger partial charge in [-0.15, -0.1) is 0 Å². The van der Waals surface area contributed by atoms with Crippen LogP contribution in [0, 0.1) is 0 Å². The van der Waals surface area contributed by atoms with E-state index < -0.39 is 0 Å². The summed E-state index contributed by atoms with van der Waals surface area (Å²) in [5.41, 5.74) is 0. The predicted octanol–water partition coefficient (Wildman–Crippen LogP) is 1.98. The molecule has 2 heteroatoms. The molecule has 0 aliphatic carbocycles. The summed E-state index contributed by atoms with van der Waals surface area (Å²) >= 11 is 0. The van der Waals surface area contributed by atoms with Crippen LogP contribution in [-0.2, 0) is 9.47 Å². The number of hydrogen-bond donors (Lipinski definition) is 0. The molecule has 1 rings (SSSR count). The van der Waals surface area contributed by atoms with E-state index in [1.54, 1.807) is 0 Å². The molecule has 0 saturated carbocycles. The first-order chi connectivity index (χ1) is 5.33. The van der Waals surface area contributed by atoms with Gasteiger partial charge in [0.15, 0.2) is 0 Å². The first-order valence-corrected chi connectivity index (χ1v) is 4.56. The third-order valence-corrected chi connectivity index (χ3v) is 1.99. The Hall–Kier alpha value is -0.0800. The molecule has 1 aliphatic rings. The highest BCUT2D eigenvalue weighted by Crippen LogP contribution is 2.16. The van der Waals surface area contributed by atoms with E-state index in [1.807, 2.05) is 0 Å². The van der Waals surface area contributed by atoms with Gasteiger partial charge in [-0.2, -0.15) is 0 Å². The molecule has 1 heterocycles. The van der Waals surface area contributed by atoms with Gasteiger partial charge in [0, 0.05) is 13.2 Å². The molecule has 1 saturated heterocycles.